The van der Waals surface area contributed by atoms with Crippen molar-refractivity contribution in [2.75, 3.05) is 32.8 Å². The van der Waals surface area contributed by atoms with E-state index in [1.807, 2.05) is 0 Å². The zero-order valence-electron chi connectivity index (χ0n) is 18.3. The molecule has 1 aliphatic carbocycles. The second-order valence-electron chi connectivity index (χ2n) is 9.24. The maximum absolute atomic E-state index is 13.1. The zero-order chi connectivity index (χ0) is 22.8. The van der Waals surface area contributed by atoms with Crippen LogP contribution in [0.15, 0.2) is 24.3 Å². The number of nitrogens with one attached hydrogen (secondary N) is 1. The molecular weight excluding hydrogens is 421 g/mol. The molecule has 1 spiro atoms. The fourth-order valence-corrected chi connectivity index (χ4v) is 5.06. The Morgan fingerprint density at radius 1 is 0.844 bits per heavy atom. The van der Waals surface area contributed by atoms with Gasteiger partial charge in [0.15, 0.2) is 0 Å². The van der Waals surface area contributed by atoms with Crippen LogP contribution in [0.3, 0.4) is 0 Å². The van der Waals surface area contributed by atoms with Crippen molar-refractivity contribution in [3.05, 3.63) is 35.4 Å². The summed E-state index contributed by atoms with van der Waals surface area (Å²) in [5.74, 6) is -0.0877. The molecule has 9 heteroatoms. The Kier molecular flexibility index (Phi) is 6.76. The van der Waals surface area contributed by atoms with Crippen molar-refractivity contribution in [1.29, 1.82) is 0 Å². The van der Waals surface area contributed by atoms with E-state index < -0.39 is 17.3 Å². The van der Waals surface area contributed by atoms with E-state index in [0.717, 1.165) is 82.3 Å². The van der Waals surface area contributed by atoms with E-state index in [1.54, 1.807) is 0 Å². The van der Waals surface area contributed by atoms with Gasteiger partial charge >= 0.3 is 12.2 Å². The van der Waals surface area contributed by atoms with E-state index in [9.17, 15) is 22.8 Å². The topological polar surface area (TPSA) is 55.9 Å². The number of amides is 3. The Hall–Kier alpha value is -2.13. The van der Waals surface area contributed by atoms with Gasteiger partial charge < -0.3 is 5.32 Å². The molecule has 2 aliphatic heterocycles. The number of urea groups is 1. The van der Waals surface area contributed by atoms with Crippen LogP contribution in [0.4, 0.5) is 18.0 Å². The fraction of sp³-hybridized carbons (Fsp3) is 0.652. The lowest BCUT2D eigenvalue weighted by molar-refractivity contribution is -0.137. The highest BCUT2D eigenvalue weighted by Gasteiger charge is 2.50. The Morgan fingerprint density at radius 2 is 1.47 bits per heavy atom. The molecule has 0 unspecified atom stereocenters. The highest BCUT2D eigenvalue weighted by molar-refractivity contribution is 6.07. The minimum Gasteiger partial charge on any atom is -0.323 e. The minimum atomic E-state index is -4.32. The number of halogens is 3. The molecule has 1 saturated carbocycles. The fourth-order valence-electron chi connectivity index (χ4n) is 5.06. The van der Waals surface area contributed by atoms with E-state index in [-0.39, 0.29) is 11.9 Å². The first-order chi connectivity index (χ1) is 15.3. The highest BCUT2D eigenvalue weighted by atomic mass is 19.4. The van der Waals surface area contributed by atoms with Gasteiger partial charge in [0.05, 0.1) is 12.2 Å². The van der Waals surface area contributed by atoms with Gasteiger partial charge in [-0.3, -0.25) is 14.6 Å². The van der Waals surface area contributed by atoms with Gasteiger partial charge in [0.1, 0.15) is 5.54 Å². The van der Waals surface area contributed by atoms with Crippen LogP contribution in [0.25, 0.3) is 0 Å². The van der Waals surface area contributed by atoms with Crippen LogP contribution in [0.2, 0.25) is 0 Å². The van der Waals surface area contributed by atoms with Crippen molar-refractivity contribution in [2.45, 2.75) is 63.2 Å². The number of rotatable bonds is 4. The van der Waals surface area contributed by atoms with Gasteiger partial charge in [-0.05, 0) is 43.5 Å². The summed E-state index contributed by atoms with van der Waals surface area (Å²) in [6.07, 6.45) is 2.11. The average molecular weight is 453 g/mol. The summed E-state index contributed by atoms with van der Waals surface area (Å²) in [4.78, 5) is 31.5. The van der Waals surface area contributed by atoms with Gasteiger partial charge in [-0.25, -0.2) is 9.69 Å². The van der Waals surface area contributed by atoms with Gasteiger partial charge in [-0.15, -0.1) is 0 Å². The number of carbonyl (C=O) groups excluding carboxylic acids is 2. The van der Waals surface area contributed by atoms with Crippen LogP contribution in [0, 0.1) is 0 Å². The first kappa shape index (κ1) is 23.0. The van der Waals surface area contributed by atoms with Crippen molar-refractivity contribution < 1.29 is 22.8 Å². The zero-order valence-corrected chi connectivity index (χ0v) is 18.3. The monoisotopic (exact) mass is 452 g/mol. The molecule has 1 aromatic carbocycles. The molecule has 0 aromatic heterocycles. The Labute approximate surface area is 186 Å². The van der Waals surface area contributed by atoms with Crippen molar-refractivity contribution >= 4 is 11.9 Å². The number of imide groups is 1. The molecule has 3 aliphatic rings. The standard InChI is InChI=1S/C23H31F3N4O2/c24-23(25,26)19-8-6-18(7-9-19)16-28-12-5-13-29(15-14-28)17-30-20(31)22(27-21(30)32)10-3-1-2-4-11-22/h6-9H,1-5,10-17H2,(H,27,32). The summed E-state index contributed by atoms with van der Waals surface area (Å²) in [6, 6.07) is 5.03. The quantitative estimate of drug-likeness (QED) is 0.706. The van der Waals surface area contributed by atoms with Crippen molar-refractivity contribution in [2.24, 2.45) is 0 Å². The maximum Gasteiger partial charge on any atom is 0.416 e. The summed E-state index contributed by atoms with van der Waals surface area (Å²) < 4.78 is 38.3. The van der Waals surface area contributed by atoms with Crippen molar-refractivity contribution in [3.63, 3.8) is 0 Å². The van der Waals surface area contributed by atoms with Gasteiger partial charge in [0.2, 0.25) is 0 Å². The molecule has 0 bridgehead atoms. The largest absolute Gasteiger partial charge is 0.416 e. The van der Waals surface area contributed by atoms with Crippen molar-refractivity contribution in [1.82, 2.24) is 20.0 Å². The third kappa shape index (κ3) is 5.09. The Bertz CT molecular complexity index is 820. The van der Waals surface area contributed by atoms with E-state index in [1.165, 1.54) is 17.0 Å². The molecule has 2 heterocycles. The number of nitrogens with zero attached hydrogens (tertiary/aromatic N) is 3. The lowest BCUT2D eigenvalue weighted by Crippen LogP contribution is -2.47. The molecule has 0 radical (unpaired) electrons. The van der Waals surface area contributed by atoms with Crippen molar-refractivity contribution in [3.8, 4) is 0 Å². The van der Waals surface area contributed by atoms with Gasteiger partial charge in [-0.2, -0.15) is 13.2 Å². The van der Waals surface area contributed by atoms with Gasteiger partial charge in [-0.1, -0.05) is 37.8 Å². The lowest BCUT2D eigenvalue weighted by Gasteiger charge is -2.27. The van der Waals surface area contributed by atoms with E-state index in [0.29, 0.717) is 19.8 Å². The van der Waals surface area contributed by atoms with E-state index >= 15 is 0 Å². The summed E-state index contributed by atoms with van der Waals surface area (Å²) in [6.45, 7) is 3.90. The smallest absolute Gasteiger partial charge is 0.323 e. The highest BCUT2D eigenvalue weighted by Crippen LogP contribution is 2.33. The number of carbonyl (C=O) groups is 2. The third-order valence-electron chi connectivity index (χ3n) is 6.91. The molecule has 4 rings (SSSR count). The predicted molar refractivity (Wildman–Crippen MR) is 114 cm³/mol. The number of hydrogen-bond donors (Lipinski definition) is 1. The van der Waals surface area contributed by atoms with E-state index in [2.05, 4.69) is 15.1 Å². The first-order valence-corrected chi connectivity index (χ1v) is 11.5. The first-order valence-electron chi connectivity index (χ1n) is 11.5. The van der Waals surface area contributed by atoms with Crippen LogP contribution in [-0.2, 0) is 17.5 Å². The molecule has 3 fully saturated rings. The molecule has 3 amide bonds. The summed E-state index contributed by atoms with van der Waals surface area (Å²) in [5, 5.41) is 2.99. The molecule has 1 aromatic rings. The lowest BCUT2D eigenvalue weighted by atomic mass is 9.90. The minimum absolute atomic E-state index is 0.0877. The second-order valence-corrected chi connectivity index (χ2v) is 9.24. The SMILES string of the molecule is O=C1NC2(CCCCCC2)C(=O)N1CN1CCCN(Cc2ccc(C(F)(F)F)cc2)CC1. The summed E-state index contributed by atoms with van der Waals surface area (Å²) in [7, 11) is 0. The predicted octanol–water partition coefficient (Wildman–Crippen LogP) is 3.82. The van der Waals surface area contributed by atoms with E-state index in [4.69, 9.17) is 0 Å². The van der Waals surface area contributed by atoms with Crippen LogP contribution < -0.4 is 5.32 Å². The van der Waals surface area contributed by atoms with Crippen LogP contribution in [0.5, 0.6) is 0 Å². The Balaban J connectivity index is 1.32. The molecule has 0 atom stereocenters. The molecule has 1 N–H and O–H groups in total. The number of alkyl halides is 3. The Morgan fingerprint density at radius 3 is 2.12 bits per heavy atom. The second kappa shape index (κ2) is 9.39. The summed E-state index contributed by atoms with van der Waals surface area (Å²) >= 11 is 0. The molecular formula is C23H31F3N4O2. The van der Waals surface area contributed by atoms with Gasteiger partial charge in [0, 0.05) is 26.2 Å². The van der Waals surface area contributed by atoms with Crippen LogP contribution in [0.1, 0.15) is 56.1 Å². The van der Waals surface area contributed by atoms with Crippen LogP contribution in [-0.4, -0.2) is 65.0 Å². The normalized spacial score (nSPS) is 23.3. The molecule has 32 heavy (non-hydrogen) atoms. The van der Waals surface area contributed by atoms with Gasteiger partial charge in [0.25, 0.3) is 5.91 Å². The van der Waals surface area contributed by atoms with Crippen LogP contribution >= 0.6 is 0 Å². The maximum atomic E-state index is 13.1. The summed E-state index contributed by atoms with van der Waals surface area (Å²) in [5.41, 5.74) is -0.507. The molecule has 6 nitrogen and oxygen atoms in total. The molecule has 176 valence electrons. The third-order valence-corrected chi connectivity index (χ3v) is 6.91. The average Bonchev–Trinajstić information content (AvgIpc) is 3.00. The number of hydrogen-bond acceptors (Lipinski definition) is 4. The number of benzene rings is 1. The molecule has 2 saturated heterocycles.